The number of aromatic nitrogens is 2. The molecular weight excluding hydrogens is 142 g/mol. The van der Waals surface area contributed by atoms with Crippen molar-refractivity contribution in [1.29, 1.82) is 0 Å². The second kappa shape index (κ2) is 3.18. The van der Waals surface area contributed by atoms with E-state index in [0.717, 1.165) is 12.4 Å². The number of nitrogens with one attached hydrogen (secondary N) is 1. The lowest BCUT2D eigenvalue weighted by Crippen LogP contribution is -2.19. The topological polar surface area (TPSA) is 46.9 Å². The number of hydrogen-bond donors (Lipinski definition) is 1. The Labute approximate surface area is 64.9 Å². The van der Waals surface area contributed by atoms with Gasteiger partial charge in [0.2, 0.25) is 0 Å². The minimum atomic E-state index is -0.0911. The first-order valence-corrected chi connectivity index (χ1v) is 3.52. The van der Waals surface area contributed by atoms with Crippen LogP contribution in [0.1, 0.15) is 6.92 Å². The third kappa shape index (κ3) is 1.80. The Hall–Kier alpha value is -1.32. The predicted octanol–water partition coefficient (Wildman–Crippen LogP) is 0.212. The van der Waals surface area contributed by atoms with E-state index in [0.29, 0.717) is 0 Å². The van der Waals surface area contributed by atoms with Crippen LogP contribution in [0.15, 0.2) is 16.9 Å². The van der Waals surface area contributed by atoms with Crippen molar-refractivity contribution in [2.24, 2.45) is 7.05 Å². The van der Waals surface area contributed by atoms with E-state index in [2.05, 4.69) is 10.4 Å². The van der Waals surface area contributed by atoms with Gasteiger partial charge in [-0.1, -0.05) is 0 Å². The van der Waals surface area contributed by atoms with Crippen LogP contribution in [0.5, 0.6) is 0 Å². The highest BCUT2D eigenvalue weighted by atomic mass is 16.1. The summed E-state index contributed by atoms with van der Waals surface area (Å²) < 4.78 is 1.30. The number of aryl methyl sites for hydroxylation is 1. The van der Waals surface area contributed by atoms with Gasteiger partial charge in [0.05, 0.1) is 0 Å². The van der Waals surface area contributed by atoms with Gasteiger partial charge in [0.1, 0.15) is 5.82 Å². The molecule has 0 saturated heterocycles. The Bertz CT molecular complexity index is 292. The molecule has 1 rings (SSSR count). The summed E-state index contributed by atoms with van der Waals surface area (Å²) >= 11 is 0. The molecule has 0 fully saturated rings. The summed E-state index contributed by atoms with van der Waals surface area (Å²) in [6.07, 6.45) is 0. The summed E-state index contributed by atoms with van der Waals surface area (Å²) in [5.41, 5.74) is -0.0911. The number of anilines is 1. The maximum Gasteiger partial charge on any atom is 0.266 e. The van der Waals surface area contributed by atoms with Gasteiger partial charge in [-0.2, -0.15) is 5.10 Å². The van der Waals surface area contributed by atoms with Crippen LogP contribution in [0.3, 0.4) is 0 Å². The van der Waals surface area contributed by atoms with E-state index in [9.17, 15) is 4.79 Å². The van der Waals surface area contributed by atoms with E-state index in [4.69, 9.17) is 0 Å². The first-order chi connectivity index (χ1) is 5.24. The van der Waals surface area contributed by atoms with Crippen LogP contribution in [0, 0.1) is 0 Å². The van der Waals surface area contributed by atoms with Gasteiger partial charge in [-0.25, -0.2) is 4.68 Å². The Morgan fingerprint density at radius 2 is 2.36 bits per heavy atom. The Kier molecular flexibility index (Phi) is 2.25. The van der Waals surface area contributed by atoms with Crippen molar-refractivity contribution >= 4 is 5.82 Å². The lowest BCUT2D eigenvalue weighted by molar-refractivity contribution is 0.710. The summed E-state index contributed by atoms with van der Waals surface area (Å²) in [5, 5.41) is 6.96. The van der Waals surface area contributed by atoms with Gasteiger partial charge in [0.25, 0.3) is 5.56 Å². The second-order valence-electron chi connectivity index (χ2n) is 2.21. The Balaban J connectivity index is 2.96. The zero-order valence-electron chi connectivity index (χ0n) is 6.66. The van der Waals surface area contributed by atoms with Crippen molar-refractivity contribution in [2.45, 2.75) is 6.92 Å². The Morgan fingerprint density at radius 1 is 1.64 bits per heavy atom. The number of rotatable bonds is 2. The van der Waals surface area contributed by atoms with Gasteiger partial charge in [0, 0.05) is 19.7 Å². The van der Waals surface area contributed by atoms with Crippen molar-refractivity contribution < 1.29 is 0 Å². The molecule has 1 aromatic rings. The quantitative estimate of drug-likeness (QED) is 0.660. The zero-order chi connectivity index (χ0) is 8.27. The molecule has 1 N–H and O–H groups in total. The normalized spacial score (nSPS) is 9.64. The van der Waals surface area contributed by atoms with Gasteiger partial charge in [0.15, 0.2) is 0 Å². The Morgan fingerprint density at radius 3 is 2.91 bits per heavy atom. The van der Waals surface area contributed by atoms with Crippen LogP contribution in [0.4, 0.5) is 5.82 Å². The lowest BCUT2D eigenvalue weighted by Gasteiger charge is -2.01. The van der Waals surface area contributed by atoms with Crippen LogP contribution in [0.25, 0.3) is 0 Å². The first-order valence-electron chi connectivity index (χ1n) is 3.52. The number of nitrogens with zero attached hydrogens (tertiary/aromatic N) is 2. The molecule has 0 aliphatic carbocycles. The van der Waals surface area contributed by atoms with Gasteiger partial charge in [-0.05, 0) is 13.0 Å². The third-order valence-electron chi connectivity index (χ3n) is 1.32. The van der Waals surface area contributed by atoms with Crippen molar-refractivity contribution in [3.8, 4) is 0 Å². The first kappa shape index (κ1) is 7.78. The number of hydrogen-bond acceptors (Lipinski definition) is 3. The van der Waals surface area contributed by atoms with Crippen LogP contribution < -0.4 is 10.9 Å². The molecule has 60 valence electrons. The summed E-state index contributed by atoms with van der Waals surface area (Å²) in [6, 6.07) is 3.16. The maximum absolute atomic E-state index is 10.8. The summed E-state index contributed by atoms with van der Waals surface area (Å²) in [5.74, 6) is 0.731. The lowest BCUT2D eigenvalue weighted by atomic mass is 10.5. The predicted molar refractivity (Wildman–Crippen MR) is 43.6 cm³/mol. The van der Waals surface area contributed by atoms with Crippen molar-refractivity contribution in [3.63, 3.8) is 0 Å². The minimum absolute atomic E-state index is 0.0911. The molecule has 0 spiro atoms. The molecule has 0 atom stereocenters. The standard InChI is InChI=1S/C7H11N3O/c1-3-8-6-4-5-7(11)10(2)9-6/h4-5H,3H2,1-2H3,(H,8,9). The molecule has 0 aromatic carbocycles. The maximum atomic E-state index is 10.8. The smallest absolute Gasteiger partial charge is 0.266 e. The highest BCUT2D eigenvalue weighted by Gasteiger charge is 1.92. The van der Waals surface area contributed by atoms with Crippen LogP contribution in [-0.4, -0.2) is 16.3 Å². The zero-order valence-corrected chi connectivity index (χ0v) is 6.66. The van der Waals surface area contributed by atoms with E-state index < -0.39 is 0 Å². The van der Waals surface area contributed by atoms with Gasteiger partial charge in [-0.15, -0.1) is 0 Å². The van der Waals surface area contributed by atoms with Crippen LogP contribution in [0.2, 0.25) is 0 Å². The average Bonchev–Trinajstić information content (AvgIpc) is 1.98. The fourth-order valence-corrected chi connectivity index (χ4v) is 0.778. The minimum Gasteiger partial charge on any atom is -0.369 e. The molecule has 0 aliphatic rings. The van der Waals surface area contributed by atoms with Crippen molar-refractivity contribution in [2.75, 3.05) is 11.9 Å². The molecule has 4 heteroatoms. The molecule has 0 bridgehead atoms. The molecule has 11 heavy (non-hydrogen) atoms. The molecule has 0 saturated carbocycles. The monoisotopic (exact) mass is 153 g/mol. The van der Waals surface area contributed by atoms with E-state index >= 15 is 0 Å². The van der Waals surface area contributed by atoms with Crippen LogP contribution in [-0.2, 0) is 7.05 Å². The molecule has 0 radical (unpaired) electrons. The average molecular weight is 153 g/mol. The fourth-order valence-electron chi connectivity index (χ4n) is 0.778. The summed E-state index contributed by atoms with van der Waals surface area (Å²) in [7, 11) is 1.63. The molecule has 0 aliphatic heterocycles. The molecule has 0 amide bonds. The second-order valence-corrected chi connectivity index (χ2v) is 2.21. The molecule has 1 aromatic heterocycles. The summed E-state index contributed by atoms with van der Waals surface area (Å²) in [4.78, 5) is 10.8. The molecule has 4 nitrogen and oxygen atoms in total. The van der Waals surface area contributed by atoms with E-state index in [1.807, 2.05) is 6.92 Å². The van der Waals surface area contributed by atoms with E-state index in [1.54, 1.807) is 13.1 Å². The third-order valence-corrected chi connectivity index (χ3v) is 1.32. The van der Waals surface area contributed by atoms with Gasteiger partial charge < -0.3 is 5.32 Å². The van der Waals surface area contributed by atoms with Crippen molar-refractivity contribution in [3.05, 3.63) is 22.5 Å². The summed E-state index contributed by atoms with van der Waals surface area (Å²) in [6.45, 7) is 2.79. The molecule has 1 heterocycles. The molecule has 0 unspecified atom stereocenters. The van der Waals surface area contributed by atoms with E-state index in [-0.39, 0.29) is 5.56 Å². The molecular formula is C7H11N3O. The van der Waals surface area contributed by atoms with Gasteiger partial charge in [-0.3, -0.25) is 4.79 Å². The SMILES string of the molecule is CCNc1ccc(=O)n(C)n1. The van der Waals surface area contributed by atoms with Crippen molar-refractivity contribution in [1.82, 2.24) is 9.78 Å². The largest absolute Gasteiger partial charge is 0.369 e. The fraction of sp³-hybridized carbons (Fsp3) is 0.429. The van der Waals surface area contributed by atoms with Gasteiger partial charge >= 0.3 is 0 Å². The van der Waals surface area contributed by atoms with Crippen LogP contribution >= 0.6 is 0 Å². The van der Waals surface area contributed by atoms with E-state index in [1.165, 1.54) is 10.7 Å². The highest BCUT2D eigenvalue weighted by Crippen LogP contribution is 1.94. The highest BCUT2D eigenvalue weighted by molar-refractivity contribution is 5.31.